The average molecular weight is 569 g/mol. The zero-order valence-electron chi connectivity index (χ0n) is 22.7. The van der Waals surface area contributed by atoms with Gasteiger partial charge in [0.25, 0.3) is 0 Å². The van der Waals surface area contributed by atoms with Gasteiger partial charge in [0, 0.05) is 42.3 Å². The summed E-state index contributed by atoms with van der Waals surface area (Å²) in [5.74, 6) is 2.72. The Kier molecular flexibility index (Phi) is 12.0. The van der Waals surface area contributed by atoms with E-state index >= 15 is 0 Å². The van der Waals surface area contributed by atoms with Crippen LogP contribution in [0.25, 0.3) is 0 Å². The van der Waals surface area contributed by atoms with E-state index in [1.165, 1.54) is 11.1 Å². The summed E-state index contributed by atoms with van der Waals surface area (Å²) in [6.07, 6.45) is 8.08. The maximum atomic E-state index is 11.1. The predicted molar refractivity (Wildman–Crippen MR) is 150 cm³/mol. The van der Waals surface area contributed by atoms with Crippen molar-refractivity contribution >= 4 is 19.7 Å². The minimum atomic E-state index is -3.38. The van der Waals surface area contributed by atoms with E-state index in [2.05, 4.69) is 25.1 Å². The van der Waals surface area contributed by atoms with Crippen LogP contribution in [-0.2, 0) is 23.9 Å². The van der Waals surface area contributed by atoms with Gasteiger partial charge in [-0.1, -0.05) is 63.6 Å². The molecule has 2 aromatic carbocycles. The van der Waals surface area contributed by atoms with Crippen LogP contribution in [0.15, 0.2) is 42.5 Å². The monoisotopic (exact) mass is 568 g/mol. The summed E-state index contributed by atoms with van der Waals surface area (Å²) in [6, 6.07) is 14.3. The molecule has 0 saturated carbocycles. The molecule has 0 saturated heterocycles. The fourth-order valence-electron chi connectivity index (χ4n) is 5.14. The smallest absolute Gasteiger partial charge is 0.232 e. The first-order chi connectivity index (χ1) is 18.3. The number of hydrogen-bond acceptors (Lipinski definition) is 7. The van der Waals surface area contributed by atoms with Gasteiger partial charge in [-0.25, -0.2) is 8.42 Å². The highest BCUT2D eigenvalue weighted by atomic mass is 35.7. The molecule has 0 radical (unpaired) electrons. The van der Waals surface area contributed by atoms with Crippen LogP contribution in [0.3, 0.4) is 0 Å². The van der Waals surface area contributed by atoms with Crippen molar-refractivity contribution in [1.82, 2.24) is 0 Å². The first kappa shape index (κ1) is 30.5. The minimum absolute atomic E-state index is 0.0635. The van der Waals surface area contributed by atoms with E-state index < -0.39 is 9.05 Å². The van der Waals surface area contributed by atoms with E-state index in [0.717, 1.165) is 62.2 Å². The number of ether oxygens (including phenoxy) is 5. The Hall–Kier alpha value is -2.00. The molecule has 1 unspecified atom stereocenters. The van der Waals surface area contributed by atoms with Crippen LogP contribution >= 0.6 is 10.7 Å². The molecule has 3 rings (SSSR count). The molecule has 9 heteroatoms. The number of methoxy groups -OCH3 is 2. The third-order valence-electron chi connectivity index (χ3n) is 7.24. The van der Waals surface area contributed by atoms with Crippen LogP contribution < -0.4 is 14.2 Å². The van der Waals surface area contributed by atoms with Gasteiger partial charge in [0.05, 0.1) is 12.4 Å². The van der Waals surface area contributed by atoms with Crippen molar-refractivity contribution < 1.29 is 32.1 Å². The van der Waals surface area contributed by atoms with Crippen molar-refractivity contribution in [3.05, 3.63) is 53.6 Å². The summed E-state index contributed by atoms with van der Waals surface area (Å²) < 4.78 is 49.7. The lowest BCUT2D eigenvalue weighted by molar-refractivity contribution is 0.0505. The molecule has 0 aromatic heterocycles. The summed E-state index contributed by atoms with van der Waals surface area (Å²) in [7, 11) is 5.13. The number of halogens is 1. The van der Waals surface area contributed by atoms with Crippen LogP contribution in [0, 0.1) is 0 Å². The molecule has 1 aliphatic heterocycles. The number of unbranched alkanes of at least 4 members (excludes halogenated alkanes) is 6. The quantitative estimate of drug-likeness (QED) is 0.118. The van der Waals surface area contributed by atoms with E-state index in [1.807, 2.05) is 24.3 Å². The zero-order chi connectivity index (χ0) is 27.4. The topological polar surface area (TPSA) is 80.3 Å². The zero-order valence-corrected chi connectivity index (χ0v) is 24.3. The maximum Gasteiger partial charge on any atom is 0.232 e. The Labute approximate surface area is 232 Å². The van der Waals surface area contributed by atoms with Gasteiger partial charge in [-0.2, -0.15) is 0 Å². The SMILES string of the molecule is COCOc1ccc([C@@]2(C)COc3cc(OCOC)ccc3C2CCCCCCCCCS(=O)(=O)Cl)cc1. The molecule has 7 nitrogen and oxygen atoms in total. The number of hydrogen-bond donors (Lipinski definition) is 0. The molecule has 0 fully saturated rings. The van der Waals surface area contributed by atoms with Gasteiger partial charge in [0.1, 0.15) is 17.2 Å². The Morgan fingerprint density at radius 1 is 0.868 bits per heavy atom. The Morgan fingerprint density at radius 2 is 1.45 bits per heavy atom. The molecule has 212 valence electrons. The standard InChI is InChI=1S/C29H41ClO7S/c1-29(23-12-14-24(15-13-23)36-21-33-2)20-35-28-19-25(37-22-34-3)16-17-26(28)27(29)11-9-7-5-4-6-8-10-18-38(30,31)32/h12-17,19,27H,4-11,18,20-22H2,1-3H3/t27?,29-/m1/s1. The molecular weight excluding hydrogens is 528 g/mol. The molecule has 0 N–H and O–H groups in total. The van der Waals surface area contributed by atoms with Crippen LogP contribution in [0.5, 0.6) is 17.2 Å². The highest BCUT2D eigenvalue weighted by Crippen LogP contribution is 2.50. The number of rotatable bonds is 17. The highest BCUT2D eigenvalue weighted by Gasteiger charge is 2.42. The molecule has 2 aromatic rings. The lowest BCUT2D eigenvalue weighted by Crippen LogP contribution is -2.40. The van der Waals surface area contributed by atoms with Crippen molar-refractivity contribution in [3.63, 3.8) is 0 Å². The Balaban J connectivity index is 1.66. The van der Waals surface area contributed by atoms with Crippen LogP contribution in [0.4, 0.5) is 0 Å². The van der Waals surface area contributed by atoms with Gasteiger partial charge in [-0.3, -0.25) is 0 Å². The first-order valence-electron chi connectivity index (χ1n) is 13.3. The largest absolute Gasteiger partial charge is 0.492 e. The average Bonchev–Trinajstić information content (AvgIpc) is 2.90. The van der Waals surface area contributed by atoms with Gasteiger partial charge < -0.3 is 23.7 Å². The summed E-state index contributed by atoms with van der Waals surface area (Å²) in [5, 5.41) is 0. The molecule has 0 bridgehead atoms. The third kappa shape index (κ3) is 9.04. The maximum absolute atomic E-state index is 11.1. The van der Waals surface area contributed by atoms with Gasteiger partial charge in [0.2, 0.25) is 9.05 Å². The third-order valence-corrected chi connectivity index (χ3v) is 8.48. The molecule has 1 aliphatic rings. The molecule has 0 aliphatic carbocycles. The second kappa shape index (κ2) is 15.0. The Bertz CT molecular complexity index is 1090. The number of benzene rings is 2. The van der Waals surface area contributed by atoms with Gasteiger partial charge >= 0.3 is 0 Å². The fraction of sp³-hybridized carbons (Fsp3) is 0.586. The Morgan fingerprint density at radius 3 is 2.08 bits per heavy atom. The van der Waals surface area contributed by atoms with Crippen molar-refractivity contribution in [2.24, 2.45) is 0 Å². The van der Waals surface area contributed by atoms with Gasteiger partial charge in [-0.05, 0) is 42.2 Å². The van der Waals surface area contributed by atoms with Crippen LogP contribution in [0.1, 0.15) is 75.3 Å². The lowest BCUT2D eigenvalue weighted by Gasteiger charge is -2.43. The second-order valence-electron chi connectivity index (χ2n) is 10.1. The van der Waals surface area contributed by atoms with Crippen molar-refractivity contribution in [1.29, 1.82) is 0 Å². The van der Waals surface area contributed by atoms with E-state index in [9.17, 15) is 8.42 Å². The van der Waals surface area contributed by atoms with Gasteiger partial charge in [-0.15, -0.1) is 0 Å². The molecule has 38 heavy (non-hydrogen) atoms. The summed E-state index contributed by atoms with van der Waals surface area (Å²) in [6.45, 7) is 3.26. The predicted octanol–water partition coefficient (Wildman–Crippen LogP) is 6.78. The molecule has 0 spiro atoms. The summed E-state index contributed by atoms with van der Waals surface area (Å²) >= 11 is 0. The van der Waals surface area contributed by atoms with Crippen molar-refractivity contribution in [2.45, 2.75) is 69.6 Å². The van der Waals surface area contributed by atoms with Crippen molar-refractivity contribution in [2.75, 3.05) is 40.2 Å². The second-order valence-corrected chi connectivity index (χ2v) is 13.0. The van der Waals surface area contributed by atoms with E-state index in [0.29, 0.717) is 13.0 Å². The molecule has 2 atom stereocenters. The van der Waals surface area contributed by atoms with Crippen LogP contribution in [0.2, 0.25) is 0 Å². The summed E-state index contributed by atoms with van der Waals surface area (Å²) in [4.78, 5) is 0. The number of fused-ring (bicyclic) bond motifs is 1. The summed E-state index contributed by atoms with van der Waals surface area (Å²) in [5.41, 5.74) is 2.21. The molecule has 0 amide bonds. The molecule has 1 heterocycles. The van der Waals surface area contributed by atoms with Crippen molar-refractivity contribution in [3.8, 4) is 17.2 Å². The normalized spacial score (nSPS) is 19.0. The first-order valence-corrected chi connectivity index (χ1v) is 15.8. The van der Waals surface area contributed by atoms with Crippen LogP contribution in [-0.4, -0.2) is 48.6 Å². The van der Waals surface area contributed by atoms with E-state index in [4.69, 9.17) is 34.4 Å². The van der Waals surface area contributed by atoms with E-state index in [1.54, 1.807) is 14.2 Å². The molecular formula is C29H41ClO7S. The minimum Gasteiger partial charge on any atom is -0.492 e. The van der Waals surface area contributed by atoms with Gasteiger partial charge in [0.15, 0.2) is 13.6 Å². The highest BCUT2D eigenvalue weighted by molar-refractivity contribution is 8.13. The van der Waals surface area contributed by atoms with E-state index in [-0.39, 0.29) is 30.7 Å². The fourth-order valence-corrected chi connectivity index (χ4v) is 6.02. The lowest BCUT2D eigenvalue weighted by atomic mass is 9.66.